The van der Waals surface area contributed by atoms with Crippen molar-refractivity contribution in [3.05, 3.63) is 28.5 Å². The Morgan fingerprint density at radius 2 is 2.21 bits per heavy atom. The van der Waals surface area contributed by atoms with E-state index in [1.165, 1.54) is 16.4 Å². The first-order valence-electron chi connectivity index (χ1n) is 7.51. The fourth-order valence-electron chi connectivity index (χ4n) is 2.64. The molecular weight excluding hydrogens is 423 g/mol. The van der Waals surface area contributed by atoms with Gasteiger partial charge in [0.1, 0.15) is 11.7 Å². The SMILES string of the molecule is CN(CCC1CCN(S(=O)(=O)c2ccc(Br)c(F)c2)C1)C(=O)CCl. The highest BCUT2D eigenvalue weighted by Gasteiger charge is 2.32. The van der Waals surface area contributed by atoms with Crippen molar-refractivity contribution < 1.29 is 17.6 Å². The van der Waals surface area contributed by atoms with Crippen molar-refractivity contribution in [3.63, 3.8) is 0 Å². The van der Waals surface area contributed by atoms with E-state index in [1.807, 2.05) is 0 Å². The molecule has 0 bridgehead atoms. The summed E-state index contributed by atoms with van der Waals surface area (Å²) < 4.78 is 40.4. The van der Waals surface area contributed by atoms with E-state index in [-0.39, 0.29) is 27.1 Å². The number of benzene rings is 1. The molecule has 2 rings (SSSR count). The van der Waals surface area contributed by atoms with E-state index >= 15 is 0 Å². The van der Waals surface area contributed by atoms with Crippen LogP contribution in [0.5, 0.6) is 0 Å². The molecule has 1 fully saturated rings. The van der Waals surface area contributed by atoms with Gasteiger partial charge in [0.15, 0.2) is 0 Å². The second-order valence-corrected chi connectivity index (χ2v) is 8.89. The minimum Gasteiger partial charge on any atom is -0.345 e. The summed E-state index contributed by atoms with van der Waals surface area (Å²) in [7, 11) is -2.02. The molecule has 1 aliphatic heterocycles. The van der Waals surface area contributed by atoms with E-state index in [1.54, 1.807) is 11.9 Å². The Bertz CT molecular complexity index is 717. The highest BCUT2D eigenvalue weighted by molar-refractivity contribution is 9.10. The van der Waals surface area contributed by atoms with Crippen LogP contribution in [0, 0.1) is 11.7 Å². The molecule has 0 saturated carbocycles. The van der Waals surface area contributed by atoms with Crippen LogP contribution in [-0.4, -0.2) is 56.1 Å². The van der Waals surface area contributed by atoms with Crippen LogP contribution in [0.25, 0.3) is 0 Å². The molecule has 0 radical (unpaired) electrons. The number of hydrogen-bond acceptors (Lipinski definition) is 3. The van der Waals surface area contributed by atoms with E-state index in [4.69, 9.17) is 11.6 Å². The molecule has 0 N–H and O–H groups in total. The van der Waals surface area contributed by atoms with Gasteiger partial charge in [-0.15, -0.1) is 11.6 Å². The molecule has 1 aromatic carbocycles. The summed E-state index contributed by atoms with van der Waals surface area (Å²) >= 11 is 8.52. The van der Waals surface area contributed by atoms with Crippen LogP contribution < -0.4 is 0 Å². The molecule has 0 spiro atoms. The van der Waals surface area contributed by atoms with Crippen molar-refractivity contribution >= 4 is 43.5 Å². The molecule has 9 heteroatoms. The minimum atomic E-state index is -3.70. The summed E-state index contributed by atoms with van der Waals surface area (Å²) in [6, 6.07) is 3.81. The van der Waals surface area contributed by atoms with E-state index < -0.39 is 15.8 Å². The predicted octanol–water partition coefficient (Wildman–Crippen LogP) is 2.69. The molecular formula is C15H19BrClFN2O3S. The van der Waals surface area contributed by atoms with Crippen molar-refractivity contribution in [3.8, 4) is 0 Å². The second-order valence-electron chi connectivity index (χ2n) is 5.83. The number of carbonyl (C=O) groups excluding carboxylic acids is 1. The van der Waals surface area contributed by atoms with Crippen molar-refractivity contribution in [2.24, 2.45) is 5.92 Å². The summed E-state index contributed by atoms with van der Waals surface area (Å²) in [5.41, 5.74) is 0. The third-order valence-corrected chi connectivity index (χ3v) is 6.92. The molecule has 24 heavy (non-hydrogen) atoms. The topological polar surface area (TPSA) is 57.7 Å². The first kappa shape index (κ1) is 19.6. The molecule has 1 atom stereocenters. The lowest BCUT2D eigenvalue weighted by molar-refractivity contribution is -0.127. The van der Waals surface area contributed by atoms with Gasteiger partial charge < -0.3 is 4.90 Å². The lowest BCUT2D eigenvalue weighted by Gasteiger charge is -2.19. The summed E-state index contributed by atoms with van der Waals surface area (Å²) in [5, 5.41) is 0. The molecule has 1 heterocycles. The maximum absolute atomic E-state index is 13.6. The van der Waals surface area contributed by atoms with Gasteiger partial charge in [0.25, 0.3) is 0 Å². The van der Waals surface area contributed by atoms with Crippen LogP contribution in [0.15, 0.2) is 27.6 Å². The third kappa shape index (κ3) is 4.47. The molecule has 1 unspecified atom stereocenters. The molecule has 1 amide bonds. The summed E-state index contributed by atoms with van der Waals surface area (Å²) in [5.74, 6) is -0.639. The number of alkyl halides is 1. The Morgan fingerprint density at radius 1 is 1.50 bits per heavy atom. The van der Waals surface area contributed by atoms with Gasteiger partial charge in [0.2, 0.25) is 15.9 Å². The van der Waals surface area contributed by atoms with Crippen LogP contribution in [0.3, 0.4) is 0 Å². The van der Waals surface area contributed by atoms with Gasteiger partial charge in [0.05, 0.1) is 9.37 Å². The van der Waals surface area contributed by atoms with E-state index in [0.29, 0.717) is 26.1 Å². The monoisotopic (exact) mass is 440 g/mol. The van der Waals surface area contributed by atoms with Gasteiger partial charge in [-0.1, -0.05) is 0 Å². The van der Waals surface area contributed by atoms with Gasteiger partial charge in [-0.3, -0.25) is 4.79 Å². The summed E-state index contributed by atoms with van der Waals surface area (Å²) in [6.07, 6.45) is 1.43. The quantitative estimate of drug-likeness (QED) is 0.638. The van der Waals surface area contributed by atoms with Crippen molar-refractivity contribution in [2.75, 3.05) is 32.6 Å². The smallest absolute Gasteiger partial charge is 0.243 e. The Hall–Kier alpha value is -0.700. The van der Waals surface area contributed by atoms with Crippen LogP contribution in [0.2, 0.25) is 0 Å². The number of carbonyl (C=O) groups is 1. The van der Waals surface area contributed by atoms with Crippen molar-refractivity contribution in [1.82, 2.24) is 9.21 Å². The third-order valence-electron chi connectivity index (χ3n) is 4.19. The number of hydrogen-bond donors (Lipinski definition) is 0. The normalized spacial score (nSPS) is 18.8. The number of sulfonamides is 1. The van der Waals surface area contributed by atoms with E-state index in [9.17, 15) is 17.6 Å². The van der Waals surface area contributed by atoms with Crippen LogP contribution >= 0.6 is 27.5 Å². The Labute approximate surface area is 154 Å². The zero-order chi connectivity index (χ0) is 17.9. The fourth-order valence-corrected chi connectivity index (χ4v) is 4.63. The van der Waals surface area contributed by atoms with Crippen LogP contribution in [0.4, 0.5) is 4.39 Å². The molecule has 1 saturated heterocycles. The van der Waals surface area contributed by atoms with Gasteiger partial charge in [-0.2, -0.15) is 4.31 Å². The molecule has 1 aliphatic rings. The zero-order valence-electron chi connectivity index (χ0n) is 13.2. The minimum absolute atomic E-state index is 0.0433. The molecule has 0 aliphatic carbocycles. The first-order chi connectivity index (χ1) is 11.3. The average Bonchev–Trinajstić information content (AvgIpc) is 3.04. The molecule has 134 valence electrons. The zero-order valence-corrected chi connectivity index (χ0v) is 16.4. The van der Waals surface area contributed by atoms with Gasteiger partial charge >= 0.3 is 0 Å². The second kappa shape index (κ2) is 8.12. The number of halogens is 3. The highest BCUT2D eigenvalue weighted by atomic mass is 79.9. The van der Waals surface area contributed by atoms with E-state index in [0.717, 1.165) is 12.5 Å². The maximum Gasteiger partial charge on any atom is 0.243 e. The van der Waals surface area contributed by atoms with Crippen LogP contribution in [0.1, 0.15) is 12.8 Å². The van der Waals surface area contributed by atoms with Crippen molar-refractivity contribution in [2.45, 2.75) is 17.7 Å². The Kier molecular flexibility index (Phi) is 6.64. The first-order valence-corrected chi connectivity index (χ1v) is 10.3. The average molecular weight is 442 g/mol. The molecule has 5 nitrogen and oxygen atoms in total. The van der Waals surface area contributed by atoms with Crippen molar-refractivity contribution in [1.29, 1.82) is 0 Å². The molecule has 0 aromatic heterocycles. The lowest BCUT2D eigenvalue weighted by Crippen LogP contribution is -2.31. The van der Waals surface area contributed by atoms with Gasteiger partial charge in [-0.05, 0) is 52.9 Å². The highest BCUT2D eigenvalue weighted by Crippen LogP contribution is 2.28. The standard InChI is InChI=1S/C15H19BrClFN2O3S/c1-19(15(21)9-17)6-4-11-5-7-20(10-11)24(22,23)12-2-3-13(16)14(18)8-12/h2-3,8,11H,4-7,9-10H2,1H3. The fraction of sp³-hybridized carbons (Fsp3) is 0.533. The van der Waals surface area contributed by atoms with Crippen LogP contribution in [-0.2, 0) is 14.8 Å². The number of nitrogens with zero attached hydrogens (tertiary/aromatic N) is 2. The maximum atomic E-state index is 13.6. The molecule has 1 aromatic rings. The Morgan fingerprint density at radius 3 is 2.83 bits per heavy atom. The largest absolute Gasteiger partial charge is 0.345 e. The lowest BCUT2D eigenvalue weighted by atomic mass is 10.1. The van der Waals surface area contributed by atoms with Gasteiger partial charge in [-0.25, -0.2) is 12.8 Å². The predicted molar refractivity (Wildman–Crippen MR) is 93.9 cm³/mol. The Balaban J connectivity index is 1.99. The number of rotatable bonds is 6. The number of amides is 1. The summed E-state index contributed by atoms with van der Waals surface area (Å²) in [4.78, 5) is 12.9. The summed E-state index contributed by atoms with van der Waals surface area (Å²) in [6.45, 7) is 1.32. The van der Waals surface area contributed by atoms with E-state index in [2.05, 4.69) is 15.9 Å². The van der Waals surface area contributed by atoms with Gasteiger partial charge in [0, 0.05) is 26.7 Å².